The van der Waals surface area contributed by atoms with E-state index >= 15 is 0 Å². The van der Waals surface area contributed by atoms with Gasteiger partial charge in [-0.2, -0.15) is 5.21 Å². The summed E-state index contributed by atoms with van der Waals surface area (Å²) in [5, 5.41) is 15.7. The molecule has 0 atom stereocenters. The van der Waals surface area contributed by atoms with Crippen LogP contribution in [-0.2, 0) is 6.54 Å². The minimum atomic E-state index is -0.217. The summed E-state index contributed by atoms with van der Waals surface area (Å²) in [6, 6.07) is 1.69. The van der Waals surface area contributed by atoms with Gasteiger partial charge in [0.25, 0.3) is 5.91 Å². The van der Waals surface area contributed by atoms with Crippen molar-refractivity contribution < 1.29 is 4.79 Å². The highest BCUT2D eigenvalue weighted by atomic mass is 79.9. The highest BCUT2D eigenvalue weighted by Gasteiger charge is 2.08. The molecule has 0 aliphatic rings. The van der Waals surface area contributed by atoms with Gasteiger partial charge in [-0.15, -0.1) is 10.2 Å². The minimum Gasteiger partial charge on any atom is -0.356 e. The van der Waals surface area contributed by atoms with E-state index in [9.17, 15) is 4.79 Å². The summed E-state index contributed by atoms with van der Waals surface area (Å²) in [5.74, 6) is 0.222. The number of rotatable bonds is 3. The van der Waals surface area contributed by atoms with Crippen LogP contribution in [0.4, 0.5) is 0 Å². The fourth-order valence-electron chi connectivity index (χ4n) is 1.01. The van der Waals surface area contributed by atoms with E-state index in [1.54, 1.807) is 12.3 Å². The molecule has 0 saturated heterocycles. The largest absolute Gasteiger partial charge is 0.356 e. The van der Waals surface area contributed by atoms with Crippen LogP contribution in [0.1, 0.15) is 16.3 Å². The normalized spacial score (nSPS) is 10.2. The molecular weight excluding hydrogens is 264 g/mol. The molecule has 2 heterocycles. The van der Waals surface area contributed by atoms with Crippen molar-refractivity contribution in [1.82, 2.24) is 30.9 Å². The van der Waals surface area contributed by atoms with Crippen molar-refractivity contribution in [3.05, 3.63) is 28.3 Å². The van der Waals surface area contributed by atoms with Crippen LogP contribution in [0.5, 0.6) is 0 Å². The van der Waals surface area contributed by atoms with Gasteiger partial charge < -0.3 is 10.3 Å². The number of amides is 1. The predicted octanol–water partition coefficient (Wildman–Crippen LogP) is 0.220. The monoisotopic (exact) mass is 270 g/mol. The van der Waals surface area contributed by atoms with E-state index in [0.29, 0.717) is 11.5 Å². The maximum absolute atomic E-state index is 11.5. The number of carbonyl (C=O) groups is 1. The number of hydrogen-bond acceptors (Lipinski definition) is 4. The average Bonchev–Trinajstić information content (AvgIpc) is 2.84. The zero-order valence-corrected chi connectivity index (χ0v) is 9.08. The lowest BCUT2D eigenvalue weighted by atomic mass is 10.4. The van der Waals surface area contributed by atoms with E-state index in [0.717, 1.165) is 4.47 Å². The first-order valence-corrected chi connectivity index (χ1v) is 4.89. The van der Waals surface area contributed by atoms with Crippen LogP contribution in [0.15, 0.2) is 16.7 Å². The van der Waals surface area contributed by atoms with Crippen molar-refractivity contribution in [2.45, 2.75) is 6.54 Å². The third kappa shape index (κ3) is 2.40. The number of aromatic amines is 2. The Morgan fingerprint density at radius 1 is 1.60 bits per heavy atom. The zero-order chi connectivity index (χ0) is 10.7. The topological polar surface area (TPSA) is 99.3 Å². The van der Waals surface area contributed by atoms with Crippen molar-refractivity contribution in [2.24, 2.45) is 0 Å². The molecule has 0 fully saturated rings. The van der Waals surface area contributed by atoms with Gasteiger partial charge in [0.1, 0.15) is 5.69 Å². The SMILES string of the molecule is O=C(NCc1nn[nH]n1)c1cc(Br)c[nH]1. The van der Waals surface area contributed by atoms with Crippen molar-refractivity contribution in [3.8, 4) is 0 Å². The first-order chi connectivity index (χ1) is 7.25. The van der Waals surface area contributed by atoms with Gasteiger partial charge in [-0.05, 0) is 22.0 Å². The number of halogens is 1. The van der Waals surface area contributed by atoms with E-state index in [4.69, 9.17) is 0 Å². The third-order valence-corrected chi connectivity index (χ3v) is 2.15. The van der Waals surface area contributed by atoms with E-state index in [1.807, 2.05) is 0 Å². The average molecular weight is 271 g/mol. The van der Waals surface area contributed by atoms with Crippen molar-refractivity contribution in [3.63, 3.8) is 0 Å². The quantitative estimate of drug-likeness (QED) is 0.743. The second-order valence-corrected chi connectivity index (χ2v) is 3.66. The Morgan fingerprint density at radius 3 is 3.07 bits per heavy atom. The van der Waals surface area contributed by atoms with Gasteiger partial charge in [0.15, 0.2) is 5.82 Å². The minimum absolute atomic E-state index is 0.217. The van der Waals surface area contributed by atoms with Gasteiger partial charge in [0.2, 0.25) is 0 Å². The van der Waals surface area contributed by atoms with E-state index in [1.165, 1.54) is 0 Å². The molecular formula is C7H7BrN6O. The summed E-state index contributed by atoms with van der Waals surface area (Å²) in [5.41, 5.74) is 0.477. The molecule has 0 saturated carbocycles. The Hall–Kier alpha value is -1.70. The highest BCUT2D eigenvalue weighted by Crippen LogP contribution is 2.10. The molecule has 2 aromatic rings. The molecule has 0 bridgehead atoms. The Labute approximate surface area is 92.8 Å². The van der Waals surface area contributed by atoms with Gasteiger partial charge in [-0.3, -0.25) is 4.79 Å². The van der Waals surface area contributed by atoms with Crippen molar-refractivity contribution in [2.75, 3.05) is 0 Å². The second kappa shape index (κ2) is 4.22. The van der Waals surface area contributed by atoms with Gasteiger partial charge in [-0.25, -0.2) is 0 Å². The summed E-state index contributed by atoms with van der Waals surface area (Å²) in [7, 11) is 0. The van der Waals surface area contributed by atoms with Gasteiger partial charge in [0, 0.05) is 10.7 Å². The Kier molecular flexibility index (Phi) is 2.77. The molecule has 2 rings (SSSR count). The number of tetrazole rings is 1. The summed E-state index contributed by atoms with van der Waals surface area (Å²) >= 11 is 3.24. The van der Waals surface area contributed by atoms with E-state index in [-0.39, 0.29) is 12.5 Å². The molecule has 0 aromatic carbocycles. The third-order valence-electron chi connectivity index (χ3n) is 1.69. The van der Waals surface area contributed by atoms with Gasteiger partial charge >= 0.3 is 0 Å². The molecule has 0 spiro atoms. The lowest BCUT2D eigenvalue weighted by Crippen LogP contribution is -2.23. The van der Waals surface area contributed by atoms with Crippen LogP contribution in [0.2, 0.25) is 0 Å². The number of H-pyrrole nitrogens is 2. The predicted molar refractivity (Wildman–Crippen MR) is 53.8 cm³/mol. The van der Waals surface area contributed by atoms with E-state index < -0.39 is 0 Å². The van der Waals surface area contributed by atoms with Crippen molar-refractivity contribution in [1.29, 1.82) is 0 Å². The van der Waals surface area contributed by atoms with E-state index in [2.05, 4.69) is 46.9 Å². The first kappa shape index (κ1) is 9.84. The lowest BCUT2D eigenvalue weighted by molar-refractivity contribution is 0.0945. The molecule has 15 heavy (non-hydrogen) atoms. The maximum atomic E-state index is 11.5. The molecule has 3 N–H and O–H groups in total. The molecule has 8 heteroatoms. The summed E-state index contributed by atoms with van der Waals surface area (Å²) in [6.07, 6.45) is 1.68. The molecule has 1 amide bonds. The number of hydrogen-bond donors (Lipinski definition) is 3. The fourth-order valence-corrected chi connectivity index (χ4v) is 1.35. The maximum Gasteiger partial charge on any atom is 0.268 e. The molecule has 7 nitrogen and oxygen atoms in total. The summed E-state index contributed by atoms with van der Waals surface area (Å²) in [4.78, 5) is 14.3. The molecule has 0 aliphatic heterocycles. The highest BCUT2D eigenvalue weighted by molar-refractivity contribution is 9.10. The van der Waals surface area contributed by atoms with Crippen molar-refractivity contribution >= 4 is 21.8 Å². The second-order valence-electron chi connectivity index (χ2n) is 2.74. The van der Waals surface area contributed by atoms with Gasteiger partial charge in [-0.1, -0.05) is 5.21 Å². The molecule has 0 radical (unpaired) electrons. The van der Waals surface area contributed by atoms with Crippen LogP contribution < -0.4 is 5.32 Å². The number of carbonyl (C=O) groups excluding carboxylic acids is 1. The lowest BCUT2D eigenvalue weighted by Gasteiger charge is -1.98. The number of nitrogens with zero attached hydrogens (tertiary/aromatic N) is 3. The van der Waals surface area contributed by atoms with Crippen LogP contribution in [0.3, 0.4) is 0 Å². The van der Waals surface area contributed by atoms with Crippen LogP contribution in [0, 0.1) is 0 Å². The van der Waals surface area contributed by atoms with Crippen LogP contribution >= 0.6 is 15.9 Å². The van der Waals surface area contributed by atoms with Crippen LogP contribution in [-0.4, -0.2) is 31.5 Å². The zero-order valence-electron chi connectivity index (χ0n) is 7.49. The standard InChI is InChI=1S/C7H7BrN6O/c8-4-1-5(9-2-4)7(15)10-3-6-11-13-14-12-6/h1-2,9H,3H2,(H,10,15)(H,11,12,13,14). The molecule has 2 aromatic heterocycles. The van der Waals surface area contributed by atoms with Gasteiger partial charge in [0.05, 0.1) is 6.54 Å². The summed E-state index contributed by atoms with van der Waals surface area (Å²) in [6.45, 7) is 0.242. The fraction of sp³-hybridized carbons (Fsp3) is 0.143. The Bertz CT molecular complexity index is 450. The molecule has 0 unspecified atom stereocenters. The number of nitrogens with one attached hydrogen (secondary N) is 3. The first-order valence-electron chi connectivity index (χ1n) is 4.10. The number of aromatic nitrogens is 5. The smallest absolute Gasteiger partial charge is 0.268 e. The molecule has 78 valence electrons. The van der Waals surface area contributed by atoms with Crippen LogP contribution in [0.25, 0.3) is 0 Å². The summed E-state index contributed by atoms with van der Waals surface area (Å²) < 4.78 is 0.826. The molecule has 0 aliphatic carbocycles. The Morgan fingerprint density at radius 2 is 2.47 bits per heavy atom. The Balaban J connectivity index is 1.93.